The van der Waals surface area contributed by atoms with E-state index in [2.05, 4.69) is 14.7 Å². The summed E-state index contributed by atoms with van der Waals surface area (Å²) < 4.78 is 28.7. The third kappa shape index (κ3) is 3.67. The van der Waals surface area contributed by atoms with E-state index in [-0.39, 0.29) is 10.5 Å². The summed E-state index contributed by atoms with van der Waals surface area (Å²) in [6, 6.07) is 9.02. The molecule has 0 aliphatic carbocycles. The molecule has 2 aromatic rings. The molecule has 0 fully saturated rings. The number of carbonyl (C=O) groups excluding carboxylic acids is 1. The van der Waals surface area contributed by atoms with Crippen LogP contribution in [0.15, 0.2) is 51.1 Å². The minimum Gasteiger partial charge on any atom is -0.465 e. The maximum atomic E-state index is 12.1. The van der Waals surface area contributed by atoms with Crippen LogP contribution in [0.3, 0.4) is 0 Å². The molecule has 1 heterocycles. The molecule has 6 nitrogen and oxygen atoms in total. The average molecular weight is 324 g/mol. The van der Waals surface area contributed by atoms with Crippen molar-refractivity contribution >= 4 is 33.5 Å². The van der Waals surface area contributed by atoms with E-state index in [1.54, 1.807) is 12.1 Å². The summed E-state index contributed by atoms with van der Waals surface area (Å²) in [5.74, 6) is -0.705. The van der Waals surface area contributed by atoms with E-state index < -0.39 is 16.0 Å². The fourth-order valence-electron chi connectivity index (χ4n) is 1.51. The van der Waals surface area contributed by atoms with Gasteiger partial charge in [-0.25, -0.2) is 9.63 Å². The Morgan fingerprint density at radius 3 is 2.67 bits per heavy atom. The smallest absolute Gasteiger partial charge is 0.340 e. The van der Waals surface area contributed by atoms with Gasteiger partial charge in [-0.15, -0.1) is 0 Å². The summed E-state index contributed by atoms with van der Waals surface area (Å²) in [5.41, 5.74) is 0.739. The molecule has 8 heteroatoms. The molecule has 110 valence electrons. The number of esters is 1. The van der Waals surface area contributed by atoms with Gasteiger partial charge in [-0.3, -0.25) is 0 Å². The first-order chi connectivity index (χ1) is 10.0. The van der Waals surface area contributed by atoms with Crippen LogP contribution in [0, 0.1) is 0 Å². The number of sulfonamides is 1. The topological polar surface area (TPSA) is 84.8 Å². The summed E-state index contributed by atoms with van der Waals surface area (Å²) in [7, 11) is -2.72. The van der Waals surface area contributed by atoms with Gasteiger partial charge in [0.2, 0.25) is 0 Å². The van der Waals surface area contributed by atoms with Crippen molar-refractivity contribution in [3.05, 3.63) is 52.2 Å². The molecular formula is C13H12N2O4S2. The second-order valence-electron chi connectivity index (χ2n) is 3.90. The molecule has 21 heavy (non-hydrogen) atoms. The third-order valence-electron chi connectivity index (χ3n) is 2.51. The fourth-order valence-corrected chi connectivity index (χ4v) is 3.66. The van der Waals surface area contributed by atoms with Crippen molar-refractivity contribution in [2.24, 2.45) is 5.10 Å². The highest BCUT2D eigenvalue weighted by molar-refractivity contribution is 7.89. The maximum Gasteiger partial charge on any atom is 0.340 e. The first kappa shape index (κ1) is 15.2. The van der Waals surface area contributed by atoms with Gasteiger partial charge < -0.3 is 4.74 Å². The molecule has 0 aliphatic heterocycles. The van der Waals surface area contributed by atoms with Crippen molar-refractivity contribution in [1.82, 2.24) is 4.83 Å². The van der Waals surface area contributed by atoms with Gasteiger partial charge in [-0.2, -0.15) is 24.9 Å². The zero-order valence-corrected chi connectivity index (χ0v) is 12.6. The Morgan fingerprint density at radius 1 is 1.29 bits per heavy atom. The number of nitrogens with zero attached hydrogens (tertiary/aromatic N) is 1. The molecular weight excluding hydrogens is 312 g/mol. The second kappa shape index (κ2) is 6.51. The van der Waals surface area contributed by atoms with Gasteiger partial charge in [0, 0.05) is 10.8 Å². The molecule has 0 bridgehead atoms. The molecule has 1 N–H and O–H groups in total. The number of ether oxygens (including phenoxy) is 1. The average Bonchev–Trinajstić information content (AvgIpc) is 2.98. The molecule has 1 aromatic heterocycles. The number of thiophene rings is 1. The molecule has 0 aliphatic rings. The van der Waals surface area contributed by atoms with Crippen molar-refractivity contribution in [2.75, 3.05) is 7.11 Å². The van der Waals surface area contributed by atoms with Crippen LogP contribution in [-0.4, -0.2) is 27.7 Å². The Kier molecular flexibility index (Phi) is 4.71. The minimum absolute atomic E-state index is 0.00934. The van der Waals surface area contributed by atoms with Crippen molar-refractivity contribution in [3.63, 3.8) is 0 Å². The molecule has 0 atom stereocenters. The molecule has 1 aromatic carbocycles. The predicted octanol–water partition coefficient (Wildman–Crippen LogP) is 1.85. The summed E-state index contributed by atoms with van der Waals surface area (Å²) >= 11 is 1.09. The number of methoxy groups -OCH3 is 1. The normalized spacial score (nSPS) is 11.5. The minimum atomic E-state index is -3.91. The highest BCUT2D eigenvalue weighted by Gasteiger charge is 2.23. The van der Waals surface area contributed by atoms with Crippen molar-refractivity contribution < 1.29 is 17.9 Å². The van der Waals surface area contributed by atoms with E-state index in [1.807, 2.05) is 18.2 Å². The lowest BCUT2D eigenvalue weighted by molar-refractivity contribution is 0.0597. The highest BCUT2D eigenvalue weighted by atomic mass is 32.2. The lowest BCUT2D eigenvalue weighted by Gasteiger charge is -2.03. The van der Waals surface area contributed by atoms with Gasteiger partial charge in [0.1, 0.15) is 4.90 Å². The number of nitrogens with one attached hydrogen (secondary N) is 1. The van der Waals surface area contributed by atoms with E-state index in [0.717, 1.165) is 16.9 Å². The fraction of sp³-hybridized carbons (Fsp3) is 0.0769. The van der Waals surface area contributed by atoms with Crippen LogP contribution in [0.5, 0.6) is 0 Å². The highest BCUT2D eigenvalue weighted by Crippen LogP contribution is 2.21. The summed E-state index contributed by atoms with van der Waals surface area (Å²) in [6.07, 6.45) is 1.38. The Balaban J connectivity index is 2.18. The lowest BCUT2D eigenvalue weighted by Crippen LogP contribution is -2.20. The van der Waals surface area contributed by atoms with Crippen LogP contribution in [0.1, 0.15) is 15.9 Å². The standard InChI is InChI=1S/C13H12N2O4S2/c1-19-13(16)11-8-20-9-12(11)21(17,18)15-14-7-10-5-3-2-4-6-10/h2-9,15H,1H3/b14-7+. The van der Waals surface area contributed by atoms with E-state index in [1.165, 1.54) is 24.1 Å². The summed E-state index contributed by atoms with van der Waals surface area (Å²) in [6.45, 7) is 0. The Hall–Kier alpha value is -2.19. The Bertz CT molecular complexity index is 751. The van der Waals surface area contributed by atoms with Gasteiger partial charge in [-0.05, 0) is 5.56 Å². The van der Waals surface area contributed by atoms with Crippen LogP contribution in [0.25, 0.3) is 0 Å². The number of carbonyl (C=O) groups is 1. The van der Waals surface area contributed by atoms with Gasteiger partial charge in [0.25, 0.3) is 10.0 Å². The largest absolute Gasteiger partial charge is 0.465 e. The van der Waals surface area contributed by atoms with E-state index in [0.29, 0.717) is 0 Å². The monoisotopic (exact) mass is 324 g/mol. The zero-order valence-electron chi connectivity index (χ0n) is 11.0. The molecule has 0 unspecified atom stereocenters. The number of hydrogen-bond acceptors (Lipinski definition) is 6. The van der Waals surface area contributed by atoms with Crippen molar-refractivity contribution in [1.29, 1.82) is 0 Å². The zero-order chi connectivity index (χ0) is 15.3. The number of hydrazone groups is 1. The van der Waals surface area contributed by atoms with Gasteiger partial charge >= 0.3 is 5.97 Å². The number of hydrogen-bond donors (Lipinski definition) is 1. The quantitative estimate of drug-likeness (QED) is 0.517. The van der Waals surface area contributed by atoms with Crippen LogP contribution < -0.4 is 4.83 Å². The molecule has 0 saturated carbocycles. The number of benzene rings is 1. The summed E-state index contributed by atoms with van der Waals surface area (Å²) in [4.78, 5) is 13.4. The molecule has 0 spiro atoms. The Labute approximate surface area is 126 Å². The molecule has 0 amide bonds. The predicted molar refractivity (Wildman–Crippen MR) is 80.0 cm³/mol. The Morgan fingerprint density at radius 2 is 2.00 bits per heavy atom. The van der Waals surface area contributed by atoms with Crippen LogP contribution in [0.4, 0.5) is 0 Å². The number of rotatable bonds is 5. The van der Waals surface area contributed by atoms with E-state index in [9.17, 15) is 13.2 Å². The summed E-state index contributed by atoms with van der Waals surface area (Å²) in [5, 5.41) is 6.46. The first-order valence-electron chi connectivity index (χ1n) is 5.79. The van der Waals surface area contributed by atoms with Crippen molar-refractivity contribution in [3.8, 4) is 0 Å². The van der Waals surface area contributed by atoms with Crippen LogP contribution in [0.2, 0.25) is 0 Å². The van der Waals surface area contributed by atoms with E-state index in [4.69, 9.17) is 0 Å². The lowest BCUT2D eigenvalue weighted by atomic mass is 10.2. The molecule has 0 saturated heterocycles. The van der Waals surface area contributed by atoms with Gasteiger partial charge in [-0.1, -0.05) is 30.3 Å². The first-order valence-corrected chi connectivity index (χ1v) is 8.21. The van der Waals surface area contributed by atoms with Crippen LogP contribution in [-0.2, 0) is 14.8 Å². The van der Waals surface area contributed by atoms with Crippen LogP contribution >= 0.6 is 11.3 Å². The SMILES string of the molecule is COC(=O)c1cscc1S(=O)(=O)N/N=C/c1ccccc1. The maximum absolute atomic E-state index is 12.1. The molecule has 0 radical (unpaired) electrons. The second-order valence-corrected chi connectivity index (χ2v) is 6.28. The van der Waals surface area contributed by atoms with E-state index >= 15 is 0 Å². The molecule has 2 rings (SSSR count). The van der Waals surface area contributed by atoms with Gasteiger partial charge in [0.15, 0.2) is 0 Å². The third-order valence-corrected chi connectivity index (χ3v) is 4.66. The van der Waals surface area contributed by atoms with Gasteiger partial charge in [0.05, 0.1) is 18.9 Å². The van der Waals surface area contributed by atoms with Crippen molar-refractivity contribution in [2.45, 2.75) is 4.90 Å².